The van der Waals surface area contributed by atoms with E-state index in [-0.39, 0.29) is 11.9 Å². The highest BCUT2D eigenvalue weighted by Gasteiger charge is 2.32. The zero-order valence-corrected chi connectivity index (χ0v) is 13.8. The van der Waals surface area contributed by atoms with Gasteiger partial charge in [-0.05, 0) is 33.1 Å². The van der Waals surface area contributed by atoms with E-state index in [4.69, 9.17) is 4.74 Å². The molecule has 1 aliphatic heterocycles. The Labute approximate surface area is 129 Å². The second-order valence-corrected chi connectivity index (χ2v) is 6.25. The monoisotopic (exact) mass is 297 g/mol. The highest BCUT2D eigenvalue weighted by molar-refractivity contribution is 5.81. The molecule has 1 amide bonds. The van der Waals surface area contributed by atoms with Crippen molar-refractivity contribution < 1.29 is 9.53 Å². The van der Waals surface area contributed by atoms with Gasteiger partial charge in [0.1, 0.15) is 0 Å². The summed E-state index contributed by atoms with van der Waals surface area (Å²) in [6.07, 6.45) is 3.43. The molecule has 0 spiro atoms. The molecule has 0 radical (unpaired) electrons. The lowest BCUT2D eigenvalue weighted by atomic mass is 10.1. The standard InChI is InChI=1S/C16H31N3O2/c1-4-15-12-19(9-8-18(15)10-11-21-5-2)13(3)16(20)17-14-6-7-14/h13-15H,4-12H2,1-3H3,(H,17,20)/t13-,15+/m1/s1. The van der Waals surface area contributed by atoms with Crippen molar-refractivity contribution >= 4 is 5.91 Å². The summed E-state index contributed by atoms with van der Waals surface area (Å²) in [7, 11) is 0. The van der Waals surface area contributed by atoms with Gasteiger partial charge in [0.2, 0.25) is 5.91 Å². The topological polar surface area (TPSA) is 44.8 Å². The van der Waals surface area contributed by atoms with Crippen molar-refractivity contribution in [3.8, 4) is 0 Å². The average molecular weight is 297 g/mol. The van der Waals surface area contributed by atoms with Gasteiger partial charge in [-0.3, -0.25) is 14.6 Å². The molecule has 5 nitrogen and oxygen atoms in total. The molecule has 0 aromatic heterocycles. The molecule has 1 heterocycles. The molecular formula is C16H31N3O2. The van der Waals surface area contributed by atoms with Crippen molar-refractivity contribution in [3.63, 3.8) is 0 Å². The number of ether oxygens (including phenoxy) is 1. The second-order valence-electron chi connectivity index (χ2n) is 6.25. The van der Waals surface area contributed by atoms with Crippen molar-refractivity contribution in [2.45, 2.75) is 58.2 Å². The summed E-state index contributed by atoms with van der Waals surface area (Å²) in [5.41, 5.74) is 0. The molecule has 1 saturated carbocycles. The minimum Gasteiger partial charge on any atom is -0.380 e. The molecule has 122 valence electrons. The molecule has 0 aromatic carbocycles. The predicted molar refractivity (Wildman–Crippen MR) is 84.3 cm³/mol. The van der Waals surface area contributed by atoms with Gasteiger partial charge in [0.25, 0.3) is 0 Å². The third-order valence-electron chi connectivity index (χ3n) is 4.69. The lowest BCUT2D eigenvalue weighted by Gasteiger charge is -2.43. The lowest BCUT2D eigenvalue weighted by Crippen LogP contribution is -2.58. The van der Waals surface area contributed by atoms with Crippen molar-refractivity contribution in [2.24, 2.45) is 0 Å². The van der Waals surface area contributed by atoms with Gasteiger partial charge in [-0.1, -0.05) is 6.92 Å². The van der Waals surface area contributed by atoms with Crippen LogP contribution in [0, 0.1) is 0 Å². The number of nitrogens with zero attached hydrogens (tertiary/aromatic N) is 2. The van der Waals surface area contributed by atoms with Gasteiger partial charge in [0.15, 0.2) is 0 Å². The van der Waals surface area contributed by atoms with Crippen molar-refractivity contribution in [1.29, 1.82) is 0 Å². The normalized spacial score (nSPS) is 25.8. The second kappa shape index (κ2) is 8.11. The summed E-state index contributed by atoms with van der Waals surface area (Å²) in [4.78, 5) is 17.0. The summed E-state index contributed by atoms with van der Waals surface area (Å²) < 4.78 is 5.47. The van der Waals surface area contributed by atoms with Crippen LogP contribution in [0.5, 0.6) is 0 Å². The van der Waals surface area contributed by atoms with Gasteiger partial charge in [0.05, 0.1) is 12.6 Å². The van der Waals surface area contributed by atoms with E-state index in [0.29, 0.717) is 12.1 Å². The third-order valence-corrected chi connectivity index (χ3v) is 4.69. The number of hydrogen-bond acceptors (Lipinski definition) is 4. The maximum Gasteiger partial charge on any atom is 0.237 e. The first-order valence-electron chi connectivity index (χ1n) is 8.51. The van der Waals surface area contributed by atoms with E-state index in [2.05, 4.69) is 22.0 Å². The van der Waals surface area contributed by atoms with Gasteiger partial charge < -0.3 is 10.1 Å². The molecule has 1 aliphatic carbocycles. The fourth-order valence-corrected chi connectivity index (χ4v) is 2.99. The zero-order valence-electron chi connectivity index (χ0n) is 13.8. The number of amides is 1. The van der Waals surface area contributed by atoms with E-state index in [9.17, 15) is 4.79 Å². The molecule has 1 saturated heterocycles. The van der Waals surface area contributed by atoms with E-state index in [1.165, 1.54) is 0 Å². The number of hydrogen-bond donors (Lipinski definition) is 1. The van der Waals surface area contributed by atoms with Crippen LogP contribution < -0.4 is 5.32 Å². The zero-order chi connectivity index (χ0) is 15.2. The predicted octanol–water partition coefficient (Wildman–Crippen LogP) is 1.09. The molecule has 0 unspecified atom stereocenters. The van der Waals surface area contributed by atoms with Gasteiger partial charge in [0, 0.05) is 44.9 Å². The Morgan fingerprint density at radius 2 is 2.10 bits per heavy atom. The molecule has 2 fully saturated rings. The van der Waals surface area contributed by atoms with E-state index in [0.717, 1.165) is 58.7 Å². The Morgan fingerprint density at radius 3 is 2.71 bits per heavy atom. The fourth-order valence-electron chi connectivity index (χ4n) is 2.99. The molecule has 2 aliphatic rings. The lowest BCUT2D eigenvalue weighted by molar-refractivity contribution is -0.127. The van der Waals surface area contributed by atoms with Gasteiger partial charge in [-0.2, -0.15) is 0 Å². The smallest absolute Gasteiger partial charge is 0.237 e. The van der Waals surface area contributed by atoms with E-state index in [1.807, 2.05) is 13.8 Å². The minimum atomic E-state index is -0.00584. The average Bonchev–Trinajstić information content (AvgIpc) is 3.30. The summed E-state index contributed by atoms with van der Waals surface area (Å²) in [5, 5.41) is 3.12. The minimum absolute atomic E-state index is 0.00584. The van der Waals surface area contributed by atoms with E-state index in [1.54, 1.807) is 0 Å². The van der Waals surface area contributed by atoms with Crippen LogP contribution in [-0.2, 0) is 9.53 Å². The van der Waals surface area contributed by atoms with Crippen LogP contribution in [0.25, 0.3) is 0 Å². The van der Waals surface area contributed by atoms with E-state index < -0.39 is 0 Å². The Kier molecular flexibility index (Phi) is 6.45. The van der Waals surface area contributed by atoms with Crippen LogP contribution in [0.15, 0.2) is 0 Å². The molecule has 0 aromatic rings. The number of piperazine rings is 1. The Morgan fingerprint density at radius 1 is 1.33 bits per heavy atom. The molecule has 5 heteroatoms. The van der Waals surface area contributed by atoms with Crippen molar-refractivity contribution in [1.82, 2.24) is 15.1 Å². The molecule has 0 bridgehead atoms. The van der Waals surface area contributed by atoms with Crippen LogP contribution in [0.1, 0.15) is 40.0 Å². The number of carbonyl (C=O) groups is 1. The molecule has 2 atom stereocenters. The quantitative estimate of drug-likeness (QED) is 0.681. The number of rotatable bonds is 8. The van der Waals surface area contributed by atoms with Crippen LogP contribution in [0.4, 0.5) is 0 Å². The molecule has 1 N–H and O–H groups in total. The van der Waals surface area contributed by atoms with Gasteiger partial charge in [-0.15, -0.1) is 0 Å². The number of carbonyl (C=O) groups excluding carboxylic acids is 1. The van der Waals surface area contributed by atoms with Crippen LogP contribution in [-0.4, -0.2) is 73.2 Å². The molecule has 21 heavy (non-hydrogen) atoms. The third kappa shape index (κ3) is 4.94. The highest BCUT2D eigenvalue weighted by Crippen LogP contribution is 2.20. The first kappa shape index (κ1) is 16.7. The van der Waals surface area contributed by atoms with Crippen LogP contribution in [0.3, 0.4) is 0 Å². The largest absolute Gasteiger partial charge is 0.380 e. The highest BCUT2D eigenvalue weighted by atomic mass is 16.5. The summed E-state index contributed by atoms with van der Waals surface area (Å²) in [5.74, 6) is 0.204. The Bertz CT molecular complexity index is 333. The number of nitrogens with one attached hydrogen (secondary N) is 1. The van der Waals surface area contributed by atoms with Gasteiger partial charge >= 0.3 is 0 Å². The first-order valence-corrected chi connectivity index (χ1v) is 8.51. The first-order chi connectivity index (χ1) is 10.2. The summed E-state index contributed by atoms with van der Waals surface area (Å²) in [6, 6.07) is 0.985. The summed E-state index contributed by atoms with van der Waals surface area (Å²) in [6.45, 7) is 11.9. The van der Waals surface area contributed by atoms with Crippen LogP contribution >= 0.6 is 0 Å². The van der Waals surface area contributed by atoms with Gasteiger partial charge in [-0.25, -0.2) is 0 Å². The van der Waals surface area contributed by atoms with Crippen molar-refractivity contribution in [3.05, 3.63) is 0 Å². The Hall–Kier alpha value is -0.650. The van der Waals surface area contributed by atoms with Crippen molar-refractivity contribution in [2.75, 3.05) is 39.4 Å². The fraction of sp³-hybridized carbons (Fsp3) is 0.938. The Balaban J connectivity index is 1.79. The summed E-state index contributed by atoms with van der Waals surface area (Å²) >= 11 is 0. The molecule has 2 rings (SSSR count). The van der Waals surface area contributed by atoms with Crippen LogP contribution in [0.2, 0.25) is 0 Å². The molecular weight excluding hydrogens is 266 g/mol. The maximum atomic E-state index is 12.2. The van der Waals surface area contributed by atoms with E-state index >= 15 is 0 Å². The maximum absolute atomic E-state index is 12.2. The SMILES string of the molecule is CCOCCN1CCN([C@H](C)C(=O)NC2CC2)C[C@@H]1CC.